The van der Waals surface area contributed by atoms with E-state index in [1.807, 2.05) is 12.1 Å². The van der Waals surface area contributed by atoms with E-state index in [2.05, 4.69) is 52.2 Å². The number of aromatic nitrogens is 1. The van der Waals surface area contributed by atoms with Crippen molar-refractivity contribution in [2.24, 2.45) is 11.8 Å². The average Bonchev–Trinajstić information content (AvgIpc) is 3.12. The van der Waals surface area contributed by atoms with Crippen LogP contribution < -0.4 is 4.90 Å². The Morgan fingerprint density at radius 2 is 1.88 bits per heavy atom. The van der Waals surface area contributed by atoms with Crippen LogP contribution in [0.2, 0.25) is 0 Å². The van der Waals surface area contributed by atoms with Gasteiger partial charge in [0.25, 0.3) is 0 Å². The molecule has 4 rings (SSSR count). The van der Waals surface area contributed by atoms with Crippen molar-refractivity contribution in [3.05, 3.63) is 59.8 Å². The highest BCUT2D eigenvalue weighted by molar-refractivity contribution is 5.93. The highest BCUT2D eigenvalue weighted by Gasteiger charge is 2.46. The molecule has 0 bridgehead atoms. The van der Waals surface area contributed by atoms with Crippen molar-refractivity contribution in [1.82, 2.24) is 9.88 Å². The number of benzene rings is 1. The summed E-state index contributed by atoms with van der Waals surface area (Å²) in [5.74, 6) is 2.36. The molecular formula is C20H23N3O. The van der Waals surface area contributed by atoms with Gasteiger partial charge in [-0.2, -0.15) is 0 Å². The zero-order valence-corrected chi connectivity index (χ0v) is 14.2. The van der Waals surface area contributed by atoms with Crippen molar-refractivity contribution < 1.29 is 4.79 Å². The topological polar surface area (TPSA) is 36.4 Å². The molecule has 0 spiro atoms. The van der Waals surface area contributed by atoms with Gasteiger partial charge in [-0.1, -0.05) is 30.3 Å². The lowest BCUT2D eigenvalue weighted by molar-refractivity contribution is 0.101. The number of pyridine rings is 1. The molecule has 0 saturated carbocycles. The number of carbonyl (C=O) groups is 1. The quantitative estimate of drug-likeness (QED) is 0.814. The van der Waals surface area contributed by atoms with Gasteiger partial charge in [-0.25, -0.2) is 4.98 Å². The fraction of sp³-hybridized carbons (Fsp3) is 0.400. The molecule has 2 aliphatic rings. The molecule has 0 N–H and O–H groups in total. The Morgan fingerprint density at radius 1 is 1.08 bits per heavy atom. The normalized spacial score (nSPS) is 26.6. The van der Waals surface area contributed by atoms with Gasteiger partial charge in [-0.05, 0) is 37.6 Å². The summed E-state index contributed by atoms with van der Waals surface area (Å²) < 4.78 is 0. The number of anilines is 1. The summed E-state index contributed by atoms with van der Waals surface area (Å²) in [6.45, 7) is 4.79. The lowest BCUT2D eigenvalue weighted by atomic mass is 9.90. The second kappa shape index (κ2) is 6.02. The molecule has 124 valence electrons. The Morgan fingerprint density at radius 3 is 2.54 bits per heavy atom. The molecule has 24 heavy (non-hydrogen) atoms. The average molecular weight is 321 g/mol. The molecule has 2 aromatic rings. The number of hydrogen-bond acceptors (Lipinski definition) is 4. The van der Waals surface area contributed by atoms with Gasteiger partial charge < -0.3 is 4.90 Å². The third-order valence-corrected chi connectivity index (χ3v) is 5.51. The minimum atomic E-state index is 0.0677. The standard InChI is InChI=1S/C20H23N3O/c1-14(24)16-8-9-19(21-10-16)23-12-17-11-22(2)20(18(17)13-23)15-6-4-3-5-7-15/h3-10,17-18,20H,11-13H2,1-2H3/t17-,18+,20-/m0/s1. The molecule has 2 fully saturated rings. The summed E-state index contributed by atoms with van der Waals surface area (Å²) in [6.07, 6.45) is 1.70. The summed E-state index contributed by atoms with van der Waals surface area (Å²) in [5, 5.41) is 0. The molecule has 0 aliphatic carbocycles. The smallest absolute Gasteiger partial charge is 0.161 e. The molecule has 3 heterocycles. The van der Waals surface area contributed by atoms with Crippen LogP contribution in [0, 0.1) is 11.8 Å². The maximum absolute atomic E-state index is 11.4. The molecule has 2 aliphatic heterocycles. The van der Waals surface area contributed by atoms with Crippen LogP contribution in [-0.2, 0) is 0 Å². The van der Waals surface area contributed by atoms with Crippen LogP contribution in [0.25, 0.3) is 0 Å². The zero-order valence-electron chi connectivity index (χ0n) is 14.2. The highest BCUT2D eigenvalue weighted by atomic mass is 16.1. The Hall–Kier alpha value is -2.20. The molecule has 4 heteroatoms. The maximum Gasteiger partial charge on any atom is 0.161 e. The summed E-state index contributed by atoms with van der Waals surface area (Å²) in [4.78, 5) is 20.8. The number of rotatable bonds is 3. The lowest BCUT2D eigenvalue weighted by Gasteiger charge is -2.27. The van der Waals surface area contributed by atoms with E-state index in [1.54, 1.807) is 13.1 Å². The van der Waals surface area contributed by atoms with Gasteiger partial charge in [0, 0.05) is 43.4 Å². The summed E-state index contributed by atoms with van der Waals surface area (Å²) in [5.41, 5.74) is 2.09. The molecule has 0 radical (unpaired) electrons. The SMILES string of the molecule is CC(=O)c1ccc(N2C[C@@H]3CN(C)[C@@H](c4ccccc4)[C@@H]3C2)nc1. The van der Waals surface area contributed by atoms with Crippen LogP contribution in [0.15, 0.2) is 48.7 Å². The summed E-state index contributed by atoms with van der Waals surface area (Å²) in [7, 11) is 2.24. The molecule has 2 saturated heterocycles. The fourth-order valence-corrected chi connectivity index (χ4v) is 4.38. The third kappa shape index (κ3) is 2.61. The van der Waals surface area contributed by atoms with Crippen molar-refractivity contribution in [3.63, 3.8) is 0 Å². The van der Waals surface area contributed by atoms with Gasteiger partial charge in [0.1, 0.15) is 5.82 Å². The first kappa shape index (κ1) is 15.3. The molecule has 1 aromatic carbocycles. The Labute approximate surface area is 143 Å². The molecule has 0 unspecified atom stereocenters. The van der Waals surface area contributed by atoms with Crippen LogP contribution in [0.3, 0.4) is 0 Å². The Bertz CT molecular complexity index is 728. The Balaban J connectivity index is 1.54. The summed E-state index contributed by atoms with van der Waals surface area (Å²) in [6, 6.07) is 15.2. The second-order valence-electron chi connectivity index (χ2n) is 7.09. The predicted molar refractivity (Wildman–Crippen MR) is 95.2 cm³/mol. The first-order chi connectivity index (χ1) is 11.6. The van der Waals surface area contributed by atoms with Crippen molar-refractivity contribution in [2.45, 2.75) is 13.0 Å². The number of Topliss-reactive ketones (excluding diaryl/α,β-unsaturated/α-hetero) is 1. The van der Waals surface area contributed by atoms with E-state index in [-0.39, 0.29) is 5.78 Å². The van der Waals surface area contributed by atoms with E-state index in [1.165, 1.54) is 5.56 Å². The zero-order chi connectivity index (χ0) is 16.7. The fourth-order valence-electron chi connectivity index (χ4n) is 4.38. The largest absolute Gasteiger partial charge is 0.356 e. The first-order valence-electron chi connectivity index (χ1n) is 8.60. The molecule has 4 nitrogen and oxygen atoms in total. The van der Waals surface area contributed by atoms with Gasteiger partial charge in [-0.15, -0.1) is 0 Å². The van der Waals surface area contributed by atoms with Crippen LogP contribution in [0.1, 0.15) is 28.9 Å². The predicted octanol–water partition coefficient (Wildman–Crippen LogP) is 3.02. The number of ketones is 1. The number of nitrogens with zero attached hydrogens (tertiary/aromatic N) is 3. The number of likely N-dealkylation sites (tertiary alicyclic amines) is 1. The molecule has 1 aromatic heterocycles. The Kier molecular flexibility index (Phi) is 3.85. The van der Waals surface area contributed by atoms with E-state index < -0.39 is 0 Å². The van der Waals surface area contributed by atoms with Crippen LogP contribution >= 0.6 is 0 Å². The van der Waals surface area contributed by atoms with Gasteiger partial charge in [0.15, 0.2) is 5.78 Å². The third-order valence-electron chi connectivity index (χ3n) is 5.51. The van der Waals surface area contributed by atoms with Gasteiger partial charge >= 0.3 is 0 Å². The highest BCUT2D eigenvalue weighted by Crippen LogP contribution is 2.44. The van der Waals surface area contributed by atoms with E-state index in [4.69, 9.17) is 0 Å². The van der Waals surface area contributed by atoms with Crippen molar-refractivity contribution >= 4 is 11.6 Å². The minimum absolute atomic E-state index is 0.0677. The van der Waals surface area contributed by atoms with E-state index in [0.29, 0.717) is 23.4 Å². The molecule has 3 atom stereocenters. The van der Waals surface area contributed by atoms with Gasteiger partial charge in [-0.3, -0.25) is 9.69 Å². The van der Waals surface area contributed by atoms with Crippen molar-refractivity contribution in [3.8, 4) is 0 Å². The van der Waals surface area contributed by atoms with Gasteiger partial charge in [0.2, 0.25) is 0 Å². The monoisotopic (exact) mass is 321 g/mol. The van der Waals surface area contributed by atoms with Crippen LogP contribution in [0.5, 0.6) is 0 Å². The van der Waals surface area contributed by atoms with Gasteiger partial charge in [0.05, 0.1) is 0 Å². The number of fused-ring (bicyclic) bond motifs is 1. The van der Waals surface area contributed by atoms with E-state index in [0.717, 1.165) is 25.5 Å². The lowest BCUT2D eigenvalue weighted by Crippen LogP contribution is -2.29. The van der Waals surface area contributed by atoms with Crippen molar-refractivity contribution in [1.29, 1.82) is 0 Å². The number of carbonyl (C=O) groups excluding carboxylic acids is 1. The second-order valence-corrected chi connectivity index (χ2v) is 7.09. The molecule has 0 amide bonds. The van der Waals surface area contributed by atoms with E-state index in [9.17, 15) is 4.79 Å². The first-order valence-corrected chi connectivity index (χ1v) is 8.60. The van der Waals surface area contributed by atoms with Crippen LogP contribution in [0.4, 0.5) is 5.82 Å². The van der Waals surface area contributed by atoms with Crippen LogP contribution in [-0.4, -0.2) is 42.3 Å². The minimum Gasteiger partial charge on any atom is -0.356 e. The number of hydrogen-bond donors (Lipinski definition) is 0. The molecular weight excluding hydrogens is 298 g/mol. The van der Waals surface area contributed by atoms with Crippen molar-refractivity contribution in [2.75, 3.05) is 31.6 Å². The van der Waals surface area contributed by atoms with E-state index >= 15 is 0 Å². The maximum atomic E-state index is 11.4. The summed E-state index contributed by atoms with van der Waals surface area (Å²) >= 11 is 0.